The van der Waals surface area contributed by atoms with Crippen LogP contribution >= 0.6 is 0 Å². The second-order valence-electron chi connectivity index (χ2n) is 5.25. The van der Waals surface area contributed by atoms with Crippen LogP contribution in [0, 0.1) is 0 Å². The molecule has 2 amide bonds. The smallest absolute Gasteiger partial charge is 0.248 e. The SMILES string of the molecule is CC1(C)NCC(=O)N(CCC2CCCO2)C1=O. The number of imide groups is 1. The summed E-state index contributed by atoms with van der Waals surface area (Å²) in [5, 5.41) is 2.94. The molecule has 2 aliphatic heterocycles. The van der Waals surface area contributed by atoms with Crippen molar-refractivity contribution < 1.29 is 14.3 Å². The van der Waals surface area contributed by atoms with Gasteiger partial charge in [-0.2, -0.15) is 0 Å². The number of amides is 2. The zero-order valence-corrected chi connectivity index (χ0v) is 10.5. The molecule has 0 aliphatic carbocycles. The normalized spacial score (nSPS) is 28.8. The Morgan fingerprint density at radius 1 is 1.47 bits per heavy atom. The number of rotatable bonds is 3. The first-order valence-corrected chi connectivity index (χ1v) is 6.22. The van der Waals surface area contributed by atoms with Crippen molar-refractivity contribution in [1.82, 2.24) is 10.2 Å². The summed E-state index contributed by atoms with van der Waals surface area (Å²) in [6.45, 7) is 5.14. The molecule has 5 heteroatoms. The van der Waals surface area contributed by atoms with Crippen LogP contribution in [0.15, 0.2) is 0 Å². The van der Waals surface area contributed by atoms with Gasteiger partial charge in [-0.25, -0.2) is 0 Å². The predicted octanol–water partition coefficient (Wildman–Crippen LogP) is 0.292. The molecule has 5 nitrogen and oxygen atoms in total. The Morgan fingerprint density at radius 3 is 2.88 bits per heavy atom. The molecule has 17 heavy (non-hydrogen) atoms. The summed E-state index contributed by atoms with van der Waals surface area (Å²) in [5.41, 5.74) is -0.634. The van der Waals surface area contributed by atoms with Crippen LogP contribution in [0.2, 0.25) is 0 Å². The second-order valence-corrected chi connectivity index (χ2v) is 5.25. The Bertz CT molecular complexity index is 322. The van der Waals surface area contributed by atoms with Gasteiger partial charge >= 0.3 is 0 Å². The van der Waals surface area contributed by atoms with E-state index in [1.165, 1.54) is 4.90 Å². The number of piperazine rings is 1. The Balaban J connectivity index is 1.92. The van der Waals surface area contributed by atoms with Gasteiger partial charge in [0.25, 0.3) is 0 Å². The van der Waals surface area contributed by atoms with E-state index in [0.29, 0.717) is 6.54 Å². The van der Waals surface area contributed by atoms with Gasteiger partial charge in [0.05, 0.1) is 18.2 Å². The number of hydrogen-bond acceptors (Lipinski definition) is 4. The molecule has 1 atom stereocenters. The van der Waals surface area contributed by atoms with E-state index in [9.17, 15) is 9.59 Å². The van der Waals surface area contributed by atoms with E-state index < -0.39 is 5.54 Å². The lowest BCUT2D eigenvalue weighted by atomic mass is 10.00. The summed E-state index contributed by atoms with van der Waals surface area (Å²) in [7, 11) is 0. The number of hydrogen-bond donors (Lipinski definition) is 1. The lowest BCUT2D eigenvalue weighted by Crippen LogP contribution is -2.63. The van der Waals surface area contributed by atoms with E-state index >= 15 is 0 Å². The topological polar surface area (TPSA) is 58.6 Å². The molecule has 2 fully saturated rings. The summed E-state index contributed by atoms with van der Waals surface area (Å²) in [6.07, 6.45) is 3.10. The van der Waals surface area contributed by atoms with Gasteiger partial charge in [-0.3, -0.25) is 19.8 Å². The summed E-state index contributed by atoms with van der Waals surface area (Å²) >= 11 is 0. The predicted molar refractivity (Wildman–Crippen MR) is 62.4 cm³/mol. The van der Waals surface area contributed by atoms with Crippen LogP contribution in [0.3, 0.4) is 0 Å². The van der Waals surface area contributed by atoms with Crippen LogP contribution in [-0.4, -0.2) is 48.1 Å². The Morgan fingerprint density at radius 2 is 2.24 bits per heavy atom. The van der Waals surface area contributed by atoms with Gasteiger partial charge in [-0.15, -0.1) is 0 Å². The van der Waals surface area contributed by atoms with E-state index in [-0.39, 0.29) is 24.5 Å². The molecule has 2 saturated heterocycles. The fraction of sp³-hybridized carbons (Fsp3) is 0.833. The highest BCUT2D eigenvalue weighted by Gasteiger charge is 2.39. The quantitative estimate of drug-likeness (QED) is 0.720. The summed E-state index contributed by atoms with van der Waals surface area (Å²) in [5.74, 6) is -0.265. The molecule has 2 heterocycles. The molecule has 0 radical (unpaired) electrons. The Labute approximate surface area is 101 Å². The van der Waals surface area contributed by atoms with Crippen molar-refractivity contribution in [3.05, 3.63) is 0 Å². The van der Waals surface area contributed by atoms with Gasteiger partial charge in [0.15, 0.2) is 0 Å². The third kappa shape index (κ3) is 2.66. The fourth-order valence-electron chi connectivity index (χ4n) is 2.29. The van der Waals surface area contributed by atoms with Crippen molar-refractivity contribution in [2.24, 2.45) is 0 Å². The number of carbonyl (C=O) groups is 2. The average Bonchev–Trinajstić information content (AvgIpc) is 2.77. The van der Waals surface area contributed by atoms with Crippen LogP contribution in [0.4, 0.5) is 0 Å². The molecule has 1 N–H and O–H groups in total. The Hall–Kier alpha value is -0.940. The maximum atomic E-state index is 12.1. The highest BCUT2D eigenvalue weighted by atomic mass is 16.5. The number of nitrogens with one attached hydrogen (secondary N) is 1. The first-order chi connectivity index (χ1) is 8.00. The molecule has 0 saturated carbocycles. The second kappa shape index (κ2) is 4.74. The molecule has 0 aromatic rings. The molecule has 96 valence electrons. The summed E-state index contributed by atoms with van der Waals surface area (Å²) in [4.78, 5) is 25.1. The molecule has 2 rings (SSSR count). The van der Waals surface area contributed by atoms with Gasteiger partial charge in [-0.1, -0.05) is 0 Å². The third-order valence-electron chi connectivity index (χ3n) is 3.46. The van der Waals surface area contributed by atoms with Crippen LogP contribution < -0.4 is 5.32 Å². The van der Waals surface area contributed by atoms with E-state index in [1.54, 1.807) is 13.8 Å². The number of carbonyl (C=O) groups excluding carboxylic acids is 2. The Kier molecular flexibility index (Phi) is 3.49. The number of nitrogens with zero attached hydrogens (tertiary/aromatic N) is 1. The van der Waals surface area contributed by atoms with Gasteiger partial charge in [0, 0.05) is 13.2 Å². The van der Waals surface area contributed by atoms with Crippen molar-refractivity contribution in [2.75, 3.05) is 19.7 Å². The minimum atomic E-state index is -0.634. The highest BCUT2D eigenvalue weighted by molar-refractivity contribution is 6.02. The lowest BCUT2D eigenvalue weighted by Gasteiger charge is -2.36. The molecule has 0 aromatic heterocycles. The zero-order valence-electron chi connectivity index (χ0n) is 10.5. The first kappa shape index (κ1) is 12.5. The summed E-state index contributed by atoms with van der Waals surface area (Å²) < 4.78 is 5.50. The molecular weight excluding hydrogens is 220 g/mol. The minimum Gasteiger partial charge on any atom is -0.378 e. The van der Waals surface area contributed by atoms with E-state index in [0.717, 1.165) is 25.9 Å². The number of ether oxygens (including phenoxy) is 1. The van der Waals surface area contributed by atoms with E-state index in [4.69, 9.17) is 4.74 Å². The first-order valence-electron chi connectivity index (χ1n) is 6.22. The lowest BCUT2D eigenvalue weighted by molar-refractivity contribution is -0.152. The molecular formula is C12H20N2O3. The van der Waals surface area contributed by atoms with Crippen molar-refractivity contribution >= 4 is 11.8 Å². The van der Waals surface area contributed by atoms with Crippen molar-refractivity contribution in [3.8, 4) is 0 Å². The van der Waals surface area contributed by atoms with Crippen LogP contribution in [0.5, 0.6) is 0 Å². The van der Waals surface area contributed by atoms with Gasteiger partial charge in [0.1, 0.15) is 0 Å². The van der Waals surface area contributed by atoms with Crippen molar-refractivity contribution in [1.29, 1.82) is 0 Å². The maximum Gasteiger partial charge on any atom is 0.248 e. The van der Waals surface area contributed by atoms with Crippen molar-refractivity contribution in [3.63, 3.8) is 0 Å². The minimum absolute atomic E-state index is 0.132. The zero-order chi connectivity index (χ0) is 12.5. The van der Waals surface area contributed by atoms with E-state index in [2.05, 4.69) is 5.32 Å². The highest BCUT2D eigenvalue weighted by Crippen LogP contribution is 2.18. The fourth-order valence-corrected chi connectivity index (χ4v) is 2.29. The van der Waals surface area contributed by atoms with Crippen LogP contribution in [-0.2, 0) is 14.3 Å². The molecule has 0 bridgehead atoms. The molecule has 0 aromatic carbocycles. The van der Waals surface area contributed by atoms with E-state index in [1.807, 2.05) is 0 Å². The molecule has 1 unspecified atom stereocenters. The van der Waals surface area contributed by atoms with Gasteiger partial charge in [-0.05, 0) is 33.1 Å². The average molecular weight is 240 g/mol. The van der Waals surface area contributed by atoms with Gasteiger partial charge in [0.2, 0.25) is 11.8 Å². The van der Waals surface area contributed by atoms with Crippen molar-refractivity contribution in [2.45, 2.75) is 44.8 Å². The monoisotopic (exact) mass is 240 g/mol. The third-order valence-corrected chi connectivity index (χ3v) is 3.46. The standard InChI is InChI=1S/C12H20N2O3/c1-12(2)11(16)14(10(15)8-13-12)6-5-9-4-3-7-17-9/h9,13H,3-8H2,1-2H3. The van der Waals surface area contributed by atoms with Gasteiger partial charge < -0.3 is 4.74 Å². The summed E-state index contributed by atoms with van der Waals surface area (Å²) in [6, 6.07) is 0. The van der Waals surface area contributed by atoms with Crippen LogP contribution in [0.25, 0.3) is 0 Å². The maximum absolute atomic E-state index is 12.1. The van der Waals surface area contributed by atoms with Crippen LogP contribution in [0.1, 0.15) is 33.1 Å². The molecule has 2 aliphatic rings. The largest absolute Gasteiger partial charge is 0.378 e. The molecule has 0 spiro atoms.